The Hall–Kier alpha value is -2.63. The van der Waals surface area contributed by atoms with Gasteiger partial charge in [0.25, 0.3) is 5.91 Å². The normalized spacial score (nSPS) is 12.0. The van der Waals surface area contributed by atoms with Gasteiger partial charge in [-0.2, -0.15) is 0 Å². The molecule has 1 unspecified atom stereocenters. The smallest absolute Gasteiger partial charge is 0.251 e. The molecule has 3 rings (SSSR count). The molecule has 5 heteroatoms. The van der Waals surface area contributed by atoms with Crippen LogP contribution in [0.3, 0.4) is 0 Å². The number of amides is 1. The molecule has 2 aromatic carbocycles. The molecule has 0 fully saturated rings. The third kappa shape index (κ3) is 5.18. The molecule has 0 radical (unpaired) electrons. The van der Waals surface area contributed by atoms with E-state index in [0.717, 1.165) is 21.1 Å². The van der Waals surface area contributed by atoms with Gasteiger partial charge in [0.1, 0.15) is 11.9 Å². The van der Waals surface area contributed by atoms with Crippen molar-refractivity contribution in [2.75, 3.05) is 0 Å². The molecule has 27 heavy (non-hydrogen) atoms. The summed E-state index contributed by atoms with van der Waals surface area (Å²) in [6, 6.07) is 20.5. The van der Waals surface area contributed by atoms with E-state index in [4.69, 9.17) is 4.74 Å². The lowest BCUT2D eigenvalue weighted by Crippen LogP contribution is -2.22. The molecular weight excluding hydrogens is 358 g/mol. The Kier molecular flexibility index (Phi) is 6.27. The van der Waals surface area contributed by atoms with E-state index in [2.05, 4.69) is 5.32 Å². The molecule has 0 bridgehead atoms. The van der Waals surface area contributed by atoms with Crippen LogP contribution in [0.2, 0.25) is 0 Å². The van der Waals surface area contributed by atoms with E-state index in [-0.39, 0.29) is 12.0 Å². The molecule has 0 aliphatic rings. The van der Waals surface area contributed by atoms with Gasteiger partial charge in [-0.25, -0.2) is 0 Å². The fraction of sp³-hybridized carbons (Fsp3) is 0.227. The predicted octanol–water partition coefficient (Wildman–Crippen LogP) is 4.55. The zero-order valence-corrected chi connectivity index (χ0v) is 16.2. The summed E-state index contributed by atoms with van der Waals surface area (Å²) >= 11 is 1.50. The summed E-state index contributed by atoms with van der Waals surface area (Å²) < 4.78 is 5.59. The highest BCUT2D eigenvalue weighted by atomic mass is 32.1. The Bertz CT molecular complexity index is 872. The van der Waals surface area contributed by atoms with Crippen LogP contribution >= 0.6 is 11.3 Å². The van der Waals surface area contributed by atoms with Gasteiger partial charge >= 0.3 is 0 Å². The van der Waals surface area contributed by atoms with Crippen LogP contribution in [0.4, 0.5) is 0 Å². The Morgan fingerprint density at radius 3 is 2.41 bits per heavy atom. The van der Waals surface area contributed by atoms with E-state index in [1.807, 2.05) is 56.3 Å². The number of carbonyl (C=O) groups excluding carboxylic acids is 1. The molecule has 0 aliphatic carbocycles. The van der Waals surface area contributed by atoms with Gasteiger partial charge in [0.15, 0.2) is 0 Å². The maximum absolute atomic E-state index is 12.3. The Balaban J connectivity index is 1.57. The Morgan fingerprint density at radius 1 is 1.04 bits per heavy atom. The predicted molar refractivity (Wildman–Crippen MR) is 108 cm³/mol. The summed E-state index contributed by atoms with van der Waals surface area (Å²) in [4.78, 5) is 14.2. The minimum atomic E-state index is -0.644. The average molecular weight is 381 g/mol. The van der Waals surface area contributed by atoms with Gasteiger partial charge in [-0.3, -0.25) is 4.79 Å². The van der Waals surface area contributed by atoms with Crippen molar-refractivity contribution in [1.29, 1.82) is 0 Å². The second kappa shape index (κ2) is 8.84. The van der Waals surface area contributed by atoms with E-state index in [1.165, 1.54) is 11.3 Å². The molecule has 0 spiro atoms. The first-order chi connectivity index (χ1) is 13.0. The lowest BCUT2D eigenvalue weighted by molar-refractivity contribution is 0.0951. The quantitative estimate of drug-likeness (QED) is 0.631. The van der Waals surface area contributed by atoms with E-state index >= 15 is 0 Å². The highest BCUT2D eigenvalue weighted by Gasteiger charge is 2.13. The summed E-state index contributed by atoms with van der Waals surface area (Å²) in [6.07, 6.45) is -0.543. The number of hydrogen-bond acceptors (Lipinski definition) is 4. The van der Waals surface area contributed by atoms with Crippen molar-refractivity contribution < 1.29 is 14.6 Å². The highest BCUT2D eigenvalue weighted by molar-refractivity contribution is 7.12. The van der Waals surface area contributed by atoms with Crippen LogP contribution in [0.1, 0.15) is 45.6 Å². The minimum Gasteiger partial charge on any atom is -0.491 e. The van der Waals surface area contributed by atoms with Crippen molar-refractivity contribution in [2.24, 2.45) is 0 Å². The molecule has 1 heterocycles. The molecule has 2 N–H and O–H groups in total. The van der Waals surface area contributed by atoms with Crippen molar-refractivity contribution in [2.45, 2.75) is 32.6 Å². The summed E-state index contributed by atoms with van der Waals surface area (Å²) in [5.74, 6) is 0.615. The molecule has 1 amide bonds. The second-order valence-corrected chi connectivity index (χ2v) is 7.69. The number of hydrogen-bond donors (Lipinski definition) is 2. The maximum atomic E-state index is 12.3. The van der Waals surface area contributed by atoms with E-state index < -0.39 is 6.10 Å². The van der Waals surface area contributed by atoms with Crippen LogP contribution in [0.25, 0.3) is 0 Å². The summed E-state index contributed by atoms with van der Waals surface area (Å²) in [6.45, 7) is 4.35. The Morgan fingerprint density at radius 2 is 1.74 bits per heavy atom. The fourth-order valence-corrected chi connectivity index (χ4v) is 3.63. The van der Waals surface area contributed by atoms with Crippen molar-refractivity contribution in [3.63, 3.8) is 0 Å². The van der Waals surface area contributed by atoms with Gasteiger partial charge in [-0.1, -0.05) is 30.3 Å². The maximum Gasteiger partial charge on any atom is 0.251 e. The van der Waals surface area contributed by atoms with Crippen LogP contribution in [-0.2, 0) is 6.54 Å². The minimum absolute atomic E-state index is 0.101. The summed E-state index contributed by atoms with van der Waals surface area (Å²) in [5.41, 5.74) is 1.45. The lowest BCUT2D eigenvalue weighted by Gasteiger charge is -2.10. The first-order valence-corrected chi connectivity index (χ1v) is 9.71. The van der Waals surface area contributed by atoms with Gasteiger partial charge in [0, 0.05) is 15.3 Å². The van der Waals surface area contributed by atoms with Crippen LogP contribution in [-0.4, -0.2) is 17.1 Å². The van der Waals surface area contributed by atoms with Gasteiger partial charge < -0.3 is 15.2 Å². The third-order valence-corrected chi connectivity index (χ3v) is 5.12. The van der Waals surface area contributed by atoms with Crippen molar-refractivity contribution in [1.82, 2.24) is 5.32 Å². The molecular formula is C22H23NO3S. The van der Waals surface area contributed by atoms with Crippen LogP contribution in [0, 0.1) is 0 Å². The van der Waals surface area contributed by atoms with Gasteiger partial charge in [0.05, 0.1) is 12.6 Å². The number of carbonyl (C=O) groups is 1. The molecule has 0 saturated carbocycles. The van der Waals surface area contributed by atoms with Gasteiger partial charge in [0.2, 0.25) is 0 Å². The van der Waals surface area contributed by atoms with Gasteiger partial charge in [-0.15, -0.1) is 11.3 Å². The Labute approximate surface area is 163 Å². The molecule has 1 atom stereocenters. The fourth-order valence-electron chi connectivity index (χ4n) is 2.66. The lowest BCUT2D eigenvalue weighted by atomic mass is 10.1. The van der Waals surface area contributed by atoms with Crippen molar-refractivity contribution in [3.8, 4) is 5.75 Å². The van der Waals surface area contributed by atoms with E-state index in [0.29, 0.717) is 12.1 Å². The molecule has 3 aromatic rings. The molecule has 0 saturated heterocycles. The number of aliphatic hydroxyl groups is 1. The SMILES string of the molecule is CC(C)Oc1ccc(C(=O)NCc2ccc(C(O)c3ccccc3)s2)cc1. The number of nitrogens with one attached hydrogen (secondary N) is 1. The third-order valence-electron chi connectivity index (χ3n) is 3.98. The first-order valence-electron chi connectivity index (χ1n) is 8.89. The number of ether oxygens (including phenoxy) is 1. The molecule has 140 valence electrons. The van der Waals surface area contributed by atoms with Crippen LogP contribution in [0.5, 0.6) is 5.75 Å². The van der Waals surface area contributed by atoms with Crippen molar-refractivity contribution in [3.05, 3.63) is 87.6 Å². The monoisotopic (exact) mass is 381 g/mol. The first kappa shape index (κ1) is 19.1. The molecule has 0 aliphatic heterocycles. The van der Waals surface area contributed by atoms with Gasteiger partial charge in [-0.05, 0) is 55.8 Å². The van der Waals surface area contributed by atoms with Crippen LogP contribution < -0.4 is 10.1 Å². The zero-order chi connectivity index (χ0) is 19.2. The van der Waals surface area contributed by atoms with Crippen LogP contribution in [0.15, 0.2) is 66.7 Å². The topological polar surface area (TPSA) is 58.6 Å². The van der Waals surface area contributed by atoms with E-state index in [9.17, 15) is 9.90 Å². The largest absolute Gasteiger partial charge is 0.491 e. The number of rotatable bonds is 7. The average Bonchev–Trinajstić information content (AvgIpc) is 3.15. The van der Waals surface area contributed by atoms with Crippen molar-refractivity contribution >= 4 is 17.2 Å². The number of thiophene rings is 1. The van der Waals surface area contributed by atoms with E-state index in [1.54, 1.807) is 24.3 Å². The standard InChI is InChI=1S/C22H23NO3S/c1-15(2)26-18-10-8-17(9-11-18)22(25)23-14-19-12-13-20(27-19)21(24)16-6-4-3-5-7-16/h3-13,15,21,24H,14H2,1-2H3,(H,23,25). The number of aliphatic hydroxyl groups excluding tert-OH is 1. The summed E-state index contributed by atoms with van der Waals surface area (Å²) in [7, 11) is 0. The number of benzene rings is 2. The zero-order valence-electron chi connectivity index (χ0n) is 15.4. The highest BCUT2D eigenvalue weighted by Crippen LogP contribution is 2.28. The second-order valence-electron chi connectivity index (χ2n) is 6.49. The molecule has 1 aromatic heterocycles. The summed E-state index contributed by atoms with van der Waals surface area (Å²) in [5, 5.41) is 13.4. The molecule has 4 nitrogen and oxygen atoms in total.